The summed E-state index contributed by atoms with van der Waals surface area (Å²) in [6.45, 7) is -0.0780. The number of methoxy groups -OCH3 is 1. The van der Waals surface area contributed by atoms with Crippen LogP contribution in [0.25, 0.3) is 0 Å². The molecule has 0 saturated carbocycles. The minimum Gasteiger partial charge on any atom is -0.469 e. The topological polar surface area (TPSA) is 107 Å². The average molecular weight is 229 g/mol. The Hall–Kier alpha value is -1.96. The van der Waals surface area contributed by atoms with Crippen molar-refractivity contribution in [2.24, 2.45) is 0 Å². The van der Waals surface area contributed by atoms with Crippen LogP contribution >= 0.6 is 0 Å². The molecule has 0 bridgehead atoms. The Morgan fingerprint density at radius 3 is 3.06 bits per heavy atom. The van der Waals surface area contributed by atoms with E-state index in [0.29, 0.717) is 0 Å². The van der Waals surface area contributed by atoms with Crippen molar-refractivity contribution in [3.63, 3.8) is 0 Å². The van der Waals surface area contributed by atoms with Gasteiger partial charge in [0.1, 0.15) is 12.4 Å². The van der Waals surface area contributed by atoms with Gasteiger partial charge in [-0.1, -0.05) is 4.98 Å². The molecular formula is C8H11N3O5. The summed E-state index contributed by atoms with van der Waals surface area (Å²) in [5.74, 6) is -0.945. The molecule has 0 saturated heterocycles. The molecule has 0 aliphatic carbocycles. The second kappa shape index (κ2) is 5.21. The van der Waals surface area contributed by atoms with Crippen molar-refractivity contribution in [2.45, 2.75) is 19.1 Å². The molecule has 0 aromatic carbocycles. The molecule has 1 rings (SSSR count). The van der Waals surface area contributed by atoms with Crippen molar-refractivity contribution < 1.29 is 19.6 Å². The van der Waals surface area contributed by atoms with Gasteiger partial charge in [0.25, 0.3) is 0 Å². The standard InChI is InChI=1S/C8H11N3O5/c1-16-7(13)4-6(12)5-10-3-2-9-8(10)11(14)15/h2-3,6,12H,4-5H2,1H3. The molecule has 0 aliphatic rings. The third kappa shape index (κ3) is 3.02. The maximum Gasteiger partial charge on any atom is 0.434 e. The summed E-state index contributed by atoms with van der Waals surface area (Å²) < 4.78 is 5.52. The van der Waals surface area contributed by atoms with Gasteiger partial charge in [0, 0.05) is 0 Å². The number of esters is 1. The first-order valence-corrected chi connectivity index (χ1v) is 4.45. The summed E-state index contributed by atoms with van der Waals surface area (Å²) in [7, 11) is 1.20. The van der Waals surface area contributed by atoms with Crippen LogP contribution in [0.1, 0.15) is 6.42 Å². The Bertz CT molecular complexity index is 389. The number of aliphatic hydroxyl groups excluding tert-OH is 1. The lowest BCUT2D eigenvalue weighted by molar-refractivity contribution is -0.397. The molecule has 1 aromatic heterocycles. The summed E-state index contributed by atoms with van der Waals surface area (Å²) in [5, 5.41) is 19.9. The highest BCUT2D eigenvalue weighted by molar-refractivity contribution is 5.69. The fourth-order valence-electron chi connectivity index (χ4n) is 1.18. The molecule has 0 fully saturated rings. The molecule has 8 nitrogen and oxygen atoms in total. The molecule has 0 spiro atoms. The minimum absolute atomic E-state index is 0.0780. The molecule has 1 heterocycles. The monoisotopic (exact) mass is 229 g/mol. The van der Waals surface area contributed by atoms with Crippen molar-refractivity contribution in [1.82, 2.24) is 9.55 Å². The van der Waals surface area contributed by atoms with Gasteiger partial charge in [-0.25, -0.2) is 4.57 Å². The zero-order valence-corrected chi connectivity index (χ0v) is 8.57. The highest BCUT2D eigenvalue weighted by Crippen LogP contribution is 2.09. The minimum atomic E-state index is -1.04. The van der Waals surface area contributed by atoms with E-state index >= 15 is 0 Å². The molecule has 88 valence electrons. The third-order valence-electron chi connectivity index (χ3n) is 1.89. The Morgan fingerprint density at radius 2 is 2.50 bits per heavy atom. The van der Waals surface area contributed by atoms with E-state index < -0.39 is 17.0 Å². The molecule has 8 heteroatoms. The molecular weight excluding hydrogens is 218 g/mol. The van der Waals surface area contributed by atoms with E-state index in [1.807, 2.05) is 0 Å². The first-order chi connectivity index (χ1) is 7.54. The number of aromatic nitrogens is 2. The maximum absolute atomic E-state index is 10.8. The number of rotatable bonds is 5. The second-order valence-corrected chi connectivity index (χ2v) is 3.07. The number of carbonyl (C=O) groups is 1. The zero-order valence-electron chi connectivity index (χ0n) is 8.57. The number of hydrogen-bond donors (Lipinski definition) is 1. The van der Waals surface area contributed by atoms with E-state index in [4.69, 9.17) is 0 Å². The van der Waals surface area contributed by atoms with E-state index in [2.05, 4.69) is 9.72 Å². The van der Waals surface area contributed by atoms with Crippen molar-refractivity contribution in [2.75, 3.05) is 7.11 Å². The van der Waals surface area contributed by atoms with Crippen molar-refractivity contribution in [3.05, 3.63) is 22.5 Å². The molecule has 1 N–H and O–H groups in total. The number of ether oxygens (including phenoxy) is 1. The predicted molar refractivity (Wildman–Crippen MR) is 51.5 cm³/mol. The van der Waals surface area contributed by atoms with E-state index in [1.54, 1.807) is 0 Å². The lowest BCUT2D eigenvalue weighted by Gasteiger charge is -2.08. The Labute approximate surface area is 90.6 Å². The van der Waals surface area contributed by atoms with Crippen molar-refractivity contribution in [1.29, 1.82) is 0 Å². The van der Waals surface area contributed by atoms with Gasteiger partial charge in [-0.15, -0.1) is 0 Å². The Kier molecular flexibility index (Phi) is 3.95. The van der Waals surface area contributed by atoms with E-state index in [0.717, 1.165) is 4.57 Å². The van der Waals surface area contributed by atoms with Gasteiger partial charge in [0.2, 0.25) is 0 Å². The van der Waals surface area contributed by atoms with Gasteiger partial charge in [0.05, 0.1) is 26.2 Å². The predicted octanol–water partition coefficient (Wildman–Crippen LogP) is -0.285. The highest BCUT2D eigenvalue weighted by atomic mass is 16.6. The third-order valence-corrected chi connectivity index (χ3v) is 1.89. The van der Waals surface area contributed by atoms with E-state index in [-0.39, 0.29) is 18.9 Å². The summed E-state index contributed by atoms with van der Waals surface area (Å²) in [5.41, 5.74) is 0. The van der Waals surface area contributed by atoms with Crippen LogP contribution in [0, 0.1) is 10.1 Å². The number of nitro groups is 1. The summed E-state index contributed by atoms with van der Waals surface area (Å²) in [4.78, 5) is 24.2. The normalized spacial score (nSPS) is 12.1. The fraction of sp³-hybridized carbons (Fsp3) is 0.500. The van der Waals surface area contributed by atoms with Gasteiger partial charge in [-0.05, 0) is 4.92 Å². The van der Waals surface area contributed by atoms with Crippen molar-refractivity contribution >= 4 is 11.9 Å². The second-order valence-electron chi connectivity index (χ2n) is 3.07. The lowest BCUT2D eigenvalue weighted by atomic mass is 10.2. The molecule has 0 aliphatic heterocycles. The summed E-state index contributed by atoms with van der Waals surface area (Å²) in [6, 6.07) is 0. The van der Waals surface area contributed by atoms with Gasteiger partial charge < -0.3 is 20.0 Å². The number of nitrogens with zero attached hydrogens (tertiary/aromatic N) is 3. The molecule has 1 aromatic rings. The first kappa shape index (κ1) is 12.1. The van der Waals surface area contributed by atoms with Crippen LogP contribution in [0.2, 0.25) is 0 Å². The van der Waals surface area contributed by atoms with Gasteiger partial charge in [-0.3, -0.25) is 4.79 Å². The largest absolute Gasteiger partial charge is 0.469 e. The van der Waals surface area contributed by atoms with Crippen LogP contribution in [-0.4, -0.2) is 38.8 Å². The highest BCUT2D eigenvalue weighted by Gasteiger charge is 2.19. The molecule has 1 unspecified atom stereocenters. The van der Waals surface area contributed by atoms with Crippen LogP contribution in [-0.2, 0) is 16.1 Å². The van der Waals surface area contributed by atoms with Crippen LogP contribution in [0.5, 0.6) is 0 Å². The lowest BCUT2D eigenvalue weighted by Crippen LogP contribution is -2.21. The van der Waals surface area contributed by atoms with E-state index in [9.17, 15) is 20.0 Å². The molecule has 1 atom stereocenters. The summed E-state index contributed by atoms with van der Waals surface area (Å²) >= 11 is 0. The number of carbonyl (C=O) groups excluding carboxylic acids is 1. The van der Waals surface area contributed by atoms with Gasteiger partial charge in [0.15, 0.2) is 0 Å². The molecule has 0 amide bonds. The van der Waals surface area contributed by atoms with Crippen LogP contribution in [0.15, 0.2) is 12.4 Å². The maximum atomic E-state index is 10.8. The van der Waals surface area contributed by atoms with Crippen LogP contribution < -0.4 is 0 Å². The Morgan fingerprint density at radius 1 is 1.81 bits per heavy atom. The fourth-order valence-corrected chi connectivity index (χ4v) is 1.18. The molecule has 16 heavy (non-hydrogen) atoms. The van der Waals surface area contributed by atoms with Gasteiger partial charge >= 0.3 is 11.9 Å². The first-order valence-electron chi connectivity index (χ1n) is 4.45. The van der Waals surface area contributed by atoms with Crippen molar-refractivity contribution in [3.8, 4) is 0 Å². The Balaban J connectivity index is 2.62. The van der Waals surface area contributed by atoms with Gasteiger partial charge in [-0.2, -0.15) is 0 Å². The SMILES string of the molecule is COC(=O)CC(O)Cn1ccnc1[N+](=O)[O-]. The zero-order chi connectivity index (χ0) is 12.1. The number of hydrogen-bond acceptors (Lipinski definition) is 6. The summed E-state index contributed by atoms with van der Waals surface area (Å²) in [6.07, 6.45) is 1.35. The number of imidazole rings is 1. The van der Waals surface area contributed by atoms with Crippen LogP contribution in [0.3, 0.4) is 0 Å². The van der Waals surface area contributed by atoms with Crippen LogP contribution in [0.4, 0.5) is 5.95 Å². The average Bonchev–Trinajstić information content (AvgIpc) is 2.65. The smallest absolute Gasteiger partial charge is 0.434 e. The van der Waals surface area contributed by atoms with E-state index in [1.165, 1.54) is 19.5 Å². The number of aliphatic hydroxyl groups is 1. The quantitative estimate of drug-likeness (QED) is 0.422. The molecule has 0 radical (unpaired) electrons.